The van der Waals surface area contributed by atoms with Crippen LogP contribution in [0.3, 0.4) is 0 Å². The Morgan fingerprint density at radius 2 is 2.28 bits per heavy atom. The number of halogens is 3. The number of carbonyl (C=O) groups is 1. The fourth-order valence-electron chi connectivity index (χ4n) is 1.29. The maximum absolute atomic E-state index is 13.0. The van der Waals surface area contributed by atoms with Crippen LogP contribution >= 0.6 is 28.3 Å². The van der Waals surface area contributed by atoms with Gasteiger partial charge in [-0.25, -0.2) is 4.39 Å². The van der Waals surface area contributed by atoms with E-state index in [-0.39, 0.29) is 37.2 Å². The molecule has 1 amide bonds. The van der Waals surface area contributed by atoms with Gasteiger partial charge < -0.3 is 15.8 Å². The lowest BCUT2D eigenvalue weighted by Gasteiger charge is -2.13. The molecular formula is C11H15BrClFN2O2. The van der Waals surface area contributed by atoms with Crippen LogP contribution in [0.25, 0.3) is 0 Å². The van der Waals surface area contributed by atoms with Gasteiger partial charge in [0, 0.05) is 24.7 Å². The number of hydrogen-bond donors (Lipinski definition) is 2. The van der Waals surface area contributed by atoms with Gasteiger partial charge in [-0.2, -0.15) is 0 Å². The summed E-state index contributed by atoms with van der Waals surface area (Å²) in [5.41, 5.74) is 6.01. The number of nitrogens with two attached hydrogens (primary N) is 1. The van der Waals surface area contributed by atoms with Crippen LogP contribution in [0, 0.1) is 5.82 Å². The smallest absolute Gasteiger partial charge is 0.250 e. The van der Waals surface area contributed by atoms with Crippen molar-refractivity contribution in [2.24, 2.45) is 5.73 Å². The first-order valence-electron chi connectivity index (χ1n) is 5.03. The van der Waals surface area contributed by atoms with Crippen molar-refractivity contribution in [3.05, 3.63) is 34.1 Å². The number of hydrogen-bond acceptors (Lipinski definition) is 3. The third kappa shape index (κ3) is 4.89. The van der Waals surface area contributed by atoms with Crippen molar-refractivity contribution in [1.29, 1.82) is 0 Å². The summed E-state index contributed by atoms with van der Waals surface area (Å²) in [5.74, 6) is -0.661. The summed E-state index contributed by atoms with van der Waals surface area (Å²) in [5, 5.41) is 2.63. The molecule has 0 fully saturated rings. The fourth-order valence-corrected chi connectivity index (χ4v) is 1.67. The highest BCUT2D eigenvalue weighted by molar-refractivity contribution is 9.10. The van der Waals surface area contributed by atoms with Crippen molar-refractivity contribution in [3.8, 4) is 0 Å². The number of nitrogens with one attached hydrogen (secondary N) is 1. The predicted molar refractivity (Wildman–Crippen MR) is 73.0 cm³/mol. The van der Waals surface area contributed by atoms with Crippen LogP contribution in [0.4, 0.5) is 4.39 Å². The number of carbonyl (C=O) groups excluding carboxylic acids is 1. The second kappa shape index (κ2) is 8.42. The van der Waals surface area contributed by atoms with E-state index < -0.39 is 6.10 Å². The van der Waals surface area contributed by atoms with Crippen LogP contribution in [0.2, 0.25) is 0 Å². The third-order valence-corrected chi connectivity index (χ3v) is 3.03. The Labute approximate surface area is 120 Å². The third-order valence-electron chi connectivity index (χ3n) is 2.25. The molecule has 0 bridgehead atoms. The molecule has 4 nitrogen and oxygen atoms in total. The molecular weight excluding hydrogens is 326 g/mol. The van der Waals surface area contributed by atoms with E-state index in [4.69, 9.17) is 10.5 Å². The van der Waals surface area contributed by atoms with Crippen LogP contribution in [-0.2, 0) is 16.1 Å². The van der Waals surface area contributed by atoms with Gasteiger partial charge in [0.05, 0.1) is 0 Å². The Morgan fingerprint density at radius 3 is 2.83 bits per heavy atom. The molecule has 1 aromatic carbocycles. The maximum atomic E-state index is 13.0. The van der Waals surface area contributed by atoms with Crippen molar-refractivity contribution in [2.45, 2.75) is 12.6 Å². The van der Waals surface area contributed by atoms with Crippen LogP contribution < -0.4 is 11.1 Å². The van der Waals surface area contributed by atoms with Crippen molar-refractivity contribution >= 4 is 34.2 Å². The molecule has 102 valence electrons. The van der Waals surface area contributed by atoms with Gasteiger partial charge in [-0.3, -0.25) is 4.79 Å². The molecule has 0 aliphatic carbocycles. The monoisotopic (exact) mass is 340 g/mol. The summed E-state index contributed by atoms with van der Waals surface area (Å²) in [7, 11) is 1.41. The zero-order valence-electron chi connectivity index (χ0n) is 9.78. The molecule has 1 atom stereocenters. The molecule has 0 saturated carbocycles. The molecule has 0 aliphatic rings. The van der Waals surface area contributed by atoms with Gasteiger partial charge in [0.25, 0.3) is 5.91 Å². The van der Waals surface area contributed by atoms with Crippen LogP contribution in [0.5, 0.6) is 0 Å². The highest BCUT2D eigenvalue weighted by Crippen LogP contribution is 2.17. The largest absolute Gasteiger partial charge is 0.370 e. The number of ether oxygens (including phenoxy) is 1. The summed E-state index contributed by atoms with van der Waals surface area (Å²) < 4.78 is 18.6. The topological polar surface area (TPSA) is 64.3 Å². The predicted octanol–water partition coefficient (Wildman–Crippen LogP) is 1.60. The molecule has 7 heteroatoms. The fraction of sp³-hybridized carbons (Fsp3) is 0.364. The minimum atomic E-state index is -0.678. The van der Waals surface area contributed by atoms with Gasteiger partial charge >= 0.3 is 0 Å². The lowest BCUT2D eigenvalue weighted by atomic mass is 10.2. The number of rotatable bonds is 5. The van der Waals surface area contributed by atoms with Crippen LogP contribution in [0.15, 0.2) is 22.7 Å². The lowest BCUT2D eigenvalue weighted by Crippen LogP contribution is -2.40. The first-order chi connectivity index (χ1) is 8.08. The van der Waals surface area contributed by atoms with Crippen LogP contribution in [0.1, 0.15) is 5.56 Å². The SMILES string of the molecule is COC(CN)C(=O)NCc1cc(F)ccc1Br.Cl. The van der Waals surface area contributed by atoms with E-state index in [9.17, 15) is 9.18 Å². The Hall–Kier alpha value is -0.690. The molecule has 0 radical (unpaired) electrons. The molecule has 0 aliphatic heterocycles. The van der Waals surface area contributed by atoms with Gasteiger partial charge in [0.15, 0.2) is 0 Å². The Balaban J connectivity index is 0.00000289. The minimum absolute atomic E-state index is 0. The second-order valence-corrected chi connectivity index (χ2v) is 4.27. The van der Waals surface area contributed by atoms with E-state index >= 15 is 0 Å². The van der Waals surface area contributed by atoms with E-state index in [1.807, 2.05) is 0 Å². The maximum Gasteiger partial charge on any atom is 0.250 e. The molecule has 1 unspecified atom stereocenters. The van der Waals surface area contributed by atoms with Crippen LogP contribution in [-0.4, -0.2) is 25.7 Å². The summed E-state index contributed by atoms with van der Waals surface area (Å²) in [6.45, 7) is 0.323. The highest BCUT2D eigenvalue weighted by Gasteiger charge is 2.15. The normalized spacial score (nSPS) is 11.6. The van der Waals surface area contributed by atoms with Gasteiger partial charge in [-0.15, -0.1) is 12.4 Å². The Bertz CT molecular complexity index is 403. The summed E-state index contributed by atoms with van der Waals surface area (Å²) in [6.07, 6.45) is -0.678. The Morgan fingerprint density at radius 1 is 1.61 bits per heavy atom. The zero-order valence-corrected chi connectivity index (χ0v) is 12.2. The average molecular weight is 342 g/mol. The van der Waals surface area contributed by atoms with E-state index in [2.05, 4.69) is 21.2 Å². The summed E-state index contributed by atoms with van der Waals surface area (Å²) >= 11 is 3.28. The Kier molecular flexibility index (Phi) is 8.10. The zero-order chi connectivity index (χ0) is 12.8. The van der Waals surface area contributed by atoms with Gasteiger partial charge in [0.1, 0.15) is 11.9 Å². The average Bonchev–Trinajstić information content (AvgIpc) is 2.32. The lowest BCUT2D eigenvalue weighted by molar-refractivity contribution is -0.130. The summed E-state index contributed by atoms with van der Waals surface area (Å²) in [6, 6.07) is 4.29. The first-order valence-corrected chi connectivity index (χ1v) is 5.82. The first kappa shape index (κ1) is 17.3. The molecule has 0 aromatic heterocycles. The van der Waals surface area contributed by atoms with E-state index in [0.717, 1.165) is 4.47 Å². The van der Waals surface area contributed by atoms with E-state index in [1.54, 1.807) is 6.07 Å². The van der Waals surface area contributed by atoms with Gasteiger partial charge in [-0.05, 0) is 23.8 Å². The second-order valence-electron chi connectivity index (χ2n) is 3.41. The molecule has 18 heavy (non-hydrogen) atoms. The number of methoxy groups -OCH3 is 1. The van der Waals surface area contributed by atoms with Crippen molar-refractivity contribution in [1.82, 2.24) is 5.32 Å². The summed E-state index contributed by atoms with van der Waals surface area (Å²) in [4.78, 5) is 11.5. The van der Waals surface area contributed by atoms with Gasteiger partial charge in [0.2, 0.25) is 0 Å². The van der Waals surface area contributed by atoms with Crippen molar-refractivity contribution < 1.29 is 13.9 Å². The van der Waals surface area contributed by atoms with Crippen molar-refractivity contribution in [2.75, 3.05) is 13.7 Å². The molecule has 0 saturated heterocycles. The molecule has 3 N–H and O–H groups in total. The number of benzene rings is 1. The number of amides is 1. The van der Waals surface area contributed by atoms with Crippen molar-refractivity contribution in [3.63, 3.8) is 0 Å². The van der Waals surface area contributed by atoms with E-state index in [0.29, 0.717) is 5.56 Å². The van der Waals surface area contributed by atoms with Gasteiger partial charge in [-0.1, -0.05) is 15.9 Å². The molecule has 0 heterocycles. The highest BCUT2D eigenvalue weighted by atomic mass is 79.9. The minimum Gasteiger partial charge on any atom is -0.370 e. The standard InChI is InChI=1S/C11H14BrFN2O2.ClH/c1-17-10(5-14)11(16)15-6-7-4-8(13)2-3-9(7)12;/h2-4,10H,5-6,14H2,1H3,(H,15,16);1H. The molecule has 1 rings (SSSR count). The molecule has 0 spiro atoms. The quantitative estimate of drug-likeness (QED) is 0.855. The van der Waals surface area contributed by atoms with E-state index in [1.165, 1.54) is 19.2 Å². The molecule has 1 aromatic rings.